The number of rotatable bonds is 4. The Morgan fingerprint density at radius 1 is 1.14 bits per heavy atom. The van der Waals surface area contributed by atoms with Crippen molar-refractivity contribution in [3.63, 3.8) is 0 Å². The molecular weight excluding hydrogens is 284 g/mol. The van der Waals surface area contributed by atoms with E-state index in [0.717, 1.165) is 27.5 Å². The zero-order chi connectivity index (χ0) is 15.4. The molecule has 0 aromatic heterocycles. The van der Waals surface area contributed by atoms with Crippen molar-refractivity contribution < 1.29 is 4.79 Å². The Bertz CT molecular complexity index is 655. The molecule has 0 heterocycles. The van der Waals surface area contributed by atoms with Gasteiger partial charge in [-0.3, -0.25) is 4.79 Å². The molecule has 0 aliphatic heterocycles. The number of amides is 1. The van der Waals surface area contributed by atoms with Gasteiger partial charge in [0.05, 0.1) is 0 Å². The van der Waals surface area contributed by atoms with Crippen molar-refractivity contribution in [2.24, 2.45) is 0 Å². The van der Waals surface area contributed by atoms with Gasteiger partial charge in [-0.1, -0.05) is 29.8 Å². The summed E-state index contributed by atoms with van der Waals surface area (Å²) in [5, 5.41) is 6.95. The fourth-order valence-corrected chi connectivity index (χ4v) is 2.29. The lowest BCUT2D eigenvalue weighted by Gasteiger charge is -2.17. The van der Waals surface area contributed by atoms with Crippen LogP contribution in [0.25, 0.3) is 0 Å². The molecule has 2 aromatic rings. The van der Waals surface area contributed by atoms with Crippen LogP contribution in [-0.4, -0.2) is 5.91 Å². The van der Waals surface area contributed by atoms with E-state index < -0.39 is 0 Å². The summed E-state index contributed by atoms with van der Waals surface area (Å²) in [7, 11) is 0. The SMILES string of the molecule is CC(=O)Nc1cccc(C(C)Nc2ccc(C)c(Cl)c2)c1. The zero-order valence-electron chi connectivity index (χ0n) is 12.4. The molecule has 0 radical (unpaired) electrons. The lowest BCUT2D eigenvalue weighted by molar-refractivity contribution is -0.114. The largest absolute Gasteiger partial charge is 0.378 e. The van der Waals surface area contributed by atoms with Crippen molar-refractivity contribution in [3.8, 4) is 0 Å². The average molecular weight is 303 g/mol. The maximum absolute atomic E-state index is 11.1. The fourth-order valence-electron chi connectivity index (χ4n) is 2.11. The van der Waals surface area contributed by atoms with Crippen molar-refractivity contribution in [1.82, 2.24) is 0 Å². The molecule has 2 rings (SSSR count). The van der Waals surface area contributed by atoms with Gasteiger partial charge in [0.25, 0.3) is 0 Å². The van der Waals surface area contributed by atoms with E-state index in [0.29, 0.717) is 0 Å². The first-order valence-corrected chi connectivity index (χ1v) is 7.24. The first kappa shape index (κ1) is 15.4. The van der Waals surface area contributed by atoms with Crippen molar-refractivity contribution >= 4 is 28.9 Å². The monoisotopic (exact) mass is 302 g/mol. The van der Waals surface area contributed by atoms with Gasteiger partial charge in [0.1, 0.15) is 0 Å². The molecule has 1 amide bonds. The summed E-state index contributed by atoms with van der Waals surface area (Å²) < 4.78 is 0. The number of carbonyl (C=O) groups excluding carboxylic acids is 1. The Morgan fingerprint density at radius 3 is 2.57 bits per heavy atom. The summed E-state index contributed by atoms with van der Waals surface area (Å²) >= 11 is 6.14. The van der Waals surface area contributed by atoms with Crippen LogP contribution in [-0.2, 0) is 4.79 Å². The zero-order valence-corrected chi connectivity index (χ0v) is 13.2. The van der Waals surface area contributed by atoms with Crippen LogP contribution in [0.5, 0.6) is 0 Å². The van der Waals surface area contributed by atoms with Gasteiger partial charge in [-0.2, -0.15) is 0 Å². The summed E-state index contributed by atoms with van der Waals surface area (Å²) in [4.78, 5) is 11.1. The lowest BCUT2D eigenvalue weighted by atomic mass is 10.1. The maximum Gasteiger partial charge on any atom is 0.221 e. The molecule has 110 valence electrons. The van der Waals surface area contributed by atoms with Crippen LogP contribution in [0, 0.1) is 6.92 Å². The predicted octanol–water partition coefficient (Wildman–Crippen LogP) is 4.78. The van der Waals surface area contributed by atoms with Crippen LogP contribution in [0.3, 0.4) is 0 Å². The highest BCUT2D eigenvalue weighted by Crippen LogP contribution is 2.25. The lowest BCUT2D eigenvalue weighted by Crippen LogP contribution is -2.09. The van der Waals surface area contributed by atoms with E-state index in [1.54, 1.807) is 0 Å². The molecular formula is C17H19ClN2O. The second-order valence-electron chi connectivity index (χ2n) is 5.14. The first-order valence-electron chi connectivity index (χ1n) is 6.86. The summed E-state index contributed by atoms with van der Waals surface area (Å²) in [5.74, 6) is -0.0712. The molecule has 0 aliphatic rings. The summed E-state index contributed by atoms with van der Waals surface area (Å²) in [5.41, 5.74) is 3.93. The molecule has 21 heavy (non-hydrogen) atoms. The number of nitrogens with one attached hydrogen (secondary N) is 2. The quantitative estimate of drug-likeness (QED) is 0.853. The van der Waals surface area contributed by atoms with E-state index in [9.17, 15) is 4.79 Å². The van der Waals surface area contributed by atoms with E-state index >= 15 is 0 Å². The Balaban J connectivity index is 2.14. The topological polar surface area (TPSA) is 41.1 Å². The van der Waals surface area contributed by atoms with Gasteiger partial charge in [0.2, 0.25) is 5.91 Å². The van der Waals surface area contributed by atoms with Crippen molar-refractivity contribution in [2.75, 3.05) is 10.6 Å². The predicted molar refractivity (Wildman–Crippen MR) is 89.0 cm³/mol. The van der Waals surface area contributed by atoms with Gasteiger partial charge in [-0.05, 0) is 49.2 Å². The van der Waals surface area contributed by atoms with Crippen LogP contribution in [0.15, 0.2) is 42.5 Å². The number of hydrogen-bond donors (Lipinski definition) is 2. The first-order chi connectivity index (χ1) is 9.95. The number of carbonyl (C=O) groups is 1. The summed E-state index contributed by atoms with van der Waals surface area (Å²) in [6, 6.07) is 13.8. The van der Waals surface area contributed by atoms with Gasteiger partial charge >= 0.3 is 0 Å². The van der Waals surface area contributed by atoms with E-state index in [4.69, 9.17) is 11.6 Å². The Labute approximate surface area is 130 Å². The third kappa shape index (κ3) is 4.23. The molecule has 2 N–H and O–H groups in total. The molecule has 0 bridgehead atoms. The number of hydrogen-bond acceptors (Lipinski definition) is 2. The van der Waals surface area contributed by atoms with E-state index in [2.05, 4.69) is 17.6 Å². The van der Waals surface area contributed by atoms with Crippen molar-refractivity contribution in [2.45, 2.75) is 26.8 Å². The van der Waals surface area contributed by atoms with E-state index in [1.807, 2.05) is 49.4 Å². The van der Waals surface area contributed by atoms with Gasteiger partial charge < -0.3 is 10.6 Å². The minimum atomic E-state index is -0.0712. The highest BCUT2D eigenvalue weighted by Gasteiger charge is 2.07. The molecule has 1 atom stereocenters. The number of aryl methyl sites for hydroxylation is 1. The van der Waals surface area contributed by atoms with Crippen LogP contribution < -0.4 is 10.6 Å². The van der Waals surface area contributed by atoms with E-state index in [-0.39, 0.29) is 11.9 Å². The molecule has 2 aromatic carbocycles. The minimum Gasteiger partial charge on any atom is -0.378 e. The molecule has 0 saturated carbocycles. The molecule has 4 heteroatoms. The highest BCUT2D eigenvalue weighted by atomic mass is 35.5. The normalized spacial score (nSPS) is 11.8. The molecule has 0 saturated heterocycles. The smallest absolute Gasteiger partial charge is 0.221 e. The number of benzene rings is 2. The van der Waals surface area contributed by atoms with Crippen molar-refractivity contribution in [1.29, 1.82) is 0 Å². The molecule has 1 unspecified atom stereocenters. The van der Waals surface area contributed by atoms with Crippen LogP contribution in [0.4, 0.5) is 11.4 Å². The average Bonchev–Trinajstić information content (AvgIpc) is 2.42. The number of anilines is 2. The Morgan fingerprint density at radius 2 is 1.90 bits per heavy atom. The van der Waals surface area contributed by atoms with Gasteiger partial charge in [-0.25, -0.2) is 0 Å². The summed E-state index contributed by atoms with van der Waals surface area (Å²) in [6.07, 6.45) is 0. The number of halogens is 1. The van der Waals surface area contributed by atoms with Gasteiger partial charge in [0, 0.05) is 29.4 Å². The molecule has 0 spiro atoms. The Kier molecular flexibility index (Phi) is 4.86. The fraction of sp³-hybridized carbons (Fsp3) is 0.235. The molecule has 3 nitrogen and oxygen atoms in total. The second kappa shape index (κ2) is 6.64. The highest BCUT2D eigenvalue weighted by molar-refractivity contribution is 6.31. The van der Waals surface area contributed by atoms with E-state index in [1.165, 1.54) is 6.92 Å². The standard InChI is InChI=1S/C17H19ClN2O/c1-11-7-8-16(10-17(11)18)19-12(2)14-5-4-6-15(9-14)20-13(3)21/h4-10,12,19H,1-3H3,(H,20,21). The second-order valence-corrected chi connectivity index (χ2v) is 5.54. The van der Waals surface area contributed by atoms with Crippen LogP contribution in [0.1, 0.15) is 31.0 Å². The maximum atomic E-state index is 11.1. The molecule has 0 aliphatic carbocycles. The Hall–Kier alpha value is -2.00. The summed E-state index contributed by atoms with van der Waals surface area (Å²) in [6.45, 7) is 5.55. The van der Waals surface area contributed by atoms with Gasteiger partial charge in [-0.15, -0.1) is 0 Å². The minimum absolute atomic E-state index is 0.0712. The van der Waals surface area contributed by atoms with Crippen LogP contribution in [0.2, 0.25) is 5.02 Å². The third-order valence-electron chi connectivity index (χ3n) is 3.26. The van der Waals surface area contributed by atoms with Crippen LogP contribution >= 0.6 is 11.6 Å². The van der Waals surface area contributed by atoms with Crippen molar-refractivity contribution in [3.05, 3.63) is 58.6 Å². The van der Waals surface area contributed by atoms with Gasteiger partial charge in [0.15, 0.2) is 0 Å². The molecule has 0 fully saturated rings. The third-order valence-corrected chi connectivity index (χ3v) is 3.67.